The van der Waals surface area contributed by atoms with Crippen LogP contribution in [0.4, 0.5) is 5.13 Å². The first-order valence-electron chi connectivity index (χ1n) is 8.78. The molecule has 0 saturated heterocycles. The fraction of sp³-hybridized carbons (Fsp3) is 0.421. The third kappa shape index (κ3) is 3.06. The number of rotatable bonds is 6. The third-order valence-electron chi connectivity index (χ3n) is 4.90. The smallest absolute Gasteiger partial charge is 0.275 e. The van der Waals surface area contributed by atoms with Gasteiger partial charge in [0.2, 0.25) is 10.1 Å². The van der Waals surface area contributed by atoms with E-state index in [1.807, 2.05) is 0 Å². The van der Waals surface area contributed by atoms with Crippen LogP contribution in [-0.4, -0.2) is 28.2 Å². The molecule has 1 aliphatic carbocycles. The summed E-state index contributed by atoms with van der Waals surface area (Å²) >= 11 is 1.49. The molecule has 1 aromatic carbocycles. The lowest BCUT2D eigenvalue weighted by Gasteiger charge is -2.23. The number of hydrogen-bond acceptors (Lipinski definition) is 5. The van der Waals surface area contributed by atoms with Crippen LogP contribution in [0.25, 0.3) is 4.96 Å². The van der Waals surface area contributed by atoms with Crippen LogP contribution in [0.3, 0.4) is 0 Å². The second-order valence-electron chi connectivity index (χ2n) is 6.92. The molecule has 0 atom stereocenters. The van der Waals surface area contributed by atoms with Crippen LogP contribution in [0.1, 0.15) is 37.4 Å². The highest BCUT2D eigenvalue weighted by Crippen LogP contribution is 2.49. The van der Waals surface area contributed by atoms with E-state index in [0.29, 0.717) is 4.96 Å². The Morgan fingerprint density at radius 2 is 2.04 bits per heavy atom. The Kier molecular flexibility index (Phi) is 4.07. The standard InChI is InChI=1S/C19H22N4OS/c1-3-7-15-12-16(24)23-17(20-15)25-18(21-23)22(2)13-19(10-11-19)14-8-5-4-6-9-14/h4-6,8-9,12H,3,7,10-11,13H2,1-2H3. The van der Waals surface area contributed by atoms with E-state index in [1.54, 1.807) is 6.07 Å². The Hall–Kier alpha value is -2.21. The van der Waals surface area contributed by atoms with Gasteiger partial charge in [-0.1, -0.05) is 55.0 Å². The normalized spacial score (nSPS) is 15.4. The minimum atomic E-state index is -0.0893. The summed E-state index contributed by atoms with van der Waals surface area (Å²) in [6, 6.07) is 12.3. The fourth-order valence-corrected chi connectivity index (χ4v) is 4.27. The van der Waals surface area contributed by atoms with Crippen LogP contribution in [-0.2, 0) is 11.8 Å². The van der Waals surface area contributed by atoms with E-state index in [4.69, 9.17) is 0 Å². The maximum absolute atomic E-state index is 12.3. The minimum absolute atomic E-state index is 0.0893. The predicted molar refractivity (Wildman–Crippen MR) is 102 cm³/mol. The Bertz CT molecular complexity index is 943. The Morgan fingerprint density at radius 1 is 1.28 bits per heavy atom. The number of fused-ring (bicyclic) bond motifs is 1. The molecule has 0 N–H and O–H groups in total. The number of aryl methyl sites for hydroxylation is 1. The average molecular weight is 354 g/mol. The highest BCUT2D eigenvalue weighted by atomic mass is 32.1. The topological polar surface area (TPSA) is 50.5 Å². The maximum atomic E-state index is 12.3. The first-order chi connectivity index (χ1) is 12.1. The van der Waals surface area contributed by atoms with Crippen LogP contribution >= 0.6 is 11.3 Å². The van der Waals surface area contributed by atoms with E-state index < -0.39 is 0 Å². The van der Waals surface area contributed by atoms with Crippen LogP contribution in [0.15, 0.2) is 41.2 Å². The van der Waals surface area contributed by atoms with Gasteiger partial charge in [0.15, 0.2) is 0 Å². The molecule has 1 aliphatic rings. The molecule has 1 fully saturated rings. The largest absolute Gasteiger partial charge is 0.349 e. The van der Waals surface area contributed by atoms with Crippen LogP contribution < -0.4 is 10.5 Å². The van der Waals surface area contributed by atoms with E-state index >= 15 is 0 Å². The van der Waals surface area contributed by atoms with E-state index in [0.717, 1.165) is 30.2 Å². The van der Waals surface area contributed by atoms with E-state index in [1.165, 1.54) is 34.3 Å². The van der Waals surface area contributed by atoms with Crippen molar-refractivity contribution in [2.75, 3.05) is 18.5 Å². The zero-order valence-corrected chi connectivity index (χ0v) is 15.4. The molecule has 25 heavy (non-hydrogen) atoms. The highest BCUT2D eigenvalue weighted by molar-refractivity contribution is 7.20. The van der Waals surface area contributed by atoms with Crippen molar-refractivity contribution in [3.05, 3.63) is 58.0 Å². The quantitative estimate of drug-likeness (QED) is 0.682. The lowest BCUT2D eigenvalue weighted by Crippen LogP contribution is -2.29. The molecule has 0 bridgehead atoms. The number of likely N-dealkylation sites (N-methyl/N-ethyl adjacent to an activating group) is 1. The monoisotopic (exact) mass is 354 g/mol. The summed E-state index contributed by atoms with van der Waals surface area (Å²) in [6.45, 7) is 3.00. The van der Waals surface area contributed by atoms with Gasteiger partial charge < -0.3 is 4.90 Å². The van der Waals surface area contributed by atoms with Gasteiger partial charge in [0.05, 0.1) is 0 Å². The molecule has 3 aromatic rings. The summed E-state index contributed by atoms with van der Waals surface area (Å²) in [5, 5.41) is 5.35. The van der Waals surface area contributed by atoms with Gasteiger partial charge in [-0.05, 0) is 24.8 Å². The highest BCUT2D eigenvalue weighted by Gasteiger charge is 2.45. The molecule has 0 spiro atoms. The zero-order chi connectivity index (χ0) is 17.4. The van der Waals surface area contributed by atoms with Crippen molar-refractivity contribution < 1.29 is 0 Å². The number of hydrogen-bond donors (Lipinski definition) is 0. The Balaban J connectivity index is 1.61. The fourth-order valence-electron chi connectivity index (χ4n) is 3.39. The van der Waals surface area contributed by atoms with Gasteiger partial charge in [0.25, 0.3) is 5.56 Å². The van der Waals surface area contributed by atoms with Crippen molar-refractivity contribution in [3.8, 4) is 0 Å². The van der Waals surface area contributed by atoms with Crippen molar-refractivity contribution in [3.63, 3.8) is 0 Å². The zero-order valence-electron chi connectivity index (χ0n) is 14.6. The van der Waals surface area contributed by atoms with Gasteiger partial charge in [-0.15, -0.1) is 5.10 Å². The molecule has 0 unspecified atom stereocenters. The second-order valence-corrected chi connectivity index (χ2v) is 7.85. The molecule has 1 saturated carbocycles. The molecule has 130 valence electrons. The molecule has 0 aliphatic heterocycles. The summed E-state index contributed by atoms with van der Waals surface area (Å²) in [4.78, 5) is 19.7. The second kappa shape index (κ2) is 6.26. The van der Waals surface area contributed by atoms with Crippen molar-refractivity contribution >= 4 is 21.4 Å². The number of anilines is 1. The van der Waals surface area contributed by atoms with Crippen molar-refractivity contribution in [1.29, 1.82) is 0 Å². The van der Waals surface area contributed by atoms with Gasteiger partial charge >= 0.3 is 0 Å². The molecule has 0 amide bonds. The predicted octanol–water partition coefficient (Wildman–Crippen LogP) is 3.27. The minimum Gasteiger partial charge on any atom is -0.349 e. The van der Waals surface area contributed by atoms with Crippen LogP contribution in [0, 0.1) is 0 Å². The van der Waals surface area contributed by atoms with Gasteiger partial charge in [-0.2, -0.15) is 4.52 Å². The molecule has 4 rings (SSSR count). The number of benzene rings is 1. The first kappa shape index (κ1) is 16.3. The Morgan fingerprint density at radius 3 is 2.72 bits per heavy atom. The molecule has 6 heteroatoms. The number of nitrogens with zero attached hydrogens (tertiary/aromatic N) is 4. The van der Waals surface area contributed by atoms with E-state index in [9.17, 15) is 4.79 Å². The number of aromatic nitrogens is 3. The van der Waals surface area contributed by atoms with Gasteiger partial charge in [-0.25, -0.2) is 4.98 Å². The lowest BCUT2D eigenvalue weighted by molar-refractivity contribution is 0.668. The van der Waals surface area contributed by atoms with Gasteiger partial charge in [-0.3, -0.25) is 4.79 Å². The van der Waals surface area contributed by atoms with Crippen molar-refractivity contribution in [2.24, 2.45) is 0 Å². The molecular weight excluding hydrogens is 332 g/mol. The summed E-state index contributed by atoms with van der Waals surface area (Å²) in [5.74, 6) is 0. The molecule has 5 nitrogen and oxygen atoms in total. The van der Waals surface area contributed by atoms with Crippen molar-refractivity contribution in [1.82, 2.24) is 14.6 Å². The summed E-state index contributed by atoms with van der Waals surface area (Å²) in [7, 11) is 2.05. The van der Waals surface area contributed by atoms with Gasteiger partial charge in [0.1, 0.15) is 0 Å². The molecule has 0 radical (unpaired) electrons. The van der Waals surface area contributed by atoms with Crippen molar-refractivity contribution in [2.45, 2.75) is 38.0 Å². The van der Waals surface area contributed by atoms with E-state index in [-0.39, 0.29) is 11.0 Å². The third-order valence-corrected chi connectivity index (χ3v) is 5.92. The Labute approximate surface area is 151 Å². The first-order valence-corrected chi connectivity index (χ1v) is 9.59. The summed E-state index contributed by atoms with van der Waals surface area (Å²) in [5.41, 5.74) is 2.38. The maximum Gasteiger partial charge on any atom is 0.275 e. The van der Waals surface area contributed by atoms with Crippen LogP contribution in [0.5, 0.6) is 0 Å². The lowest BCUT2D eigenvalue weighted by atomic mass is 9.96. The summed E-state index contributed by atoms with van der Waals surface area (Å²) in [6.07, 6.45) is 4.20. The van der Waals surface area contributed by atoms with E-state index in [2.05, 4.69) is 59.3 Å². The molecule has 2 heterocycles. The molecular formula is C19H22N4OS. The van der Waals surface area contributed by atoms with Gasteiger partial charge in [0, 0.05) is 30.8 Å². The van der Waals surface area contributed by atoms with Crippen LogP contribution in [0.2, 0.25) is 0 Å². The average Bonchev–Trinajstić information content (AvgIpc) is 3.25. The summed E-state index contributed by atoms with van der Waals surface area (Å²) < 4.78 is 1.43. The molecule has 2 aromatic heterocycles. The SMILES string of the molecule is CCCc1cc(=O)n2nc(N(C)CC3(c4ccccc4)CC3)sc2n1.